The molecule has 2 rings (SSSR count). The zero-order chi connectivity index (χ0) is 15.6. The van der Waals surface area contributed by atoms with Crippen molar-refractivity contribution in [2.24, 2.45) is 0 Å². The summed E-state index contributed by atoms with van der Waals surface area (Å²) >= 11 is 0. The van der Waals surface area contributed by atoms with Gasteiger partial charge in [-0.1, -0.05) is 18.2 Å². The van der Waals surface area contributed by atoms with Crippen LogP contribution in [0.3, 0.4) is 0 Å². The summed E-state index contributed by atoms with van der Waals surface area (Å²) in [6.07, 6.45) is 0. The van der Waals surface area contributed by atoms with Gasteiger partial charge in [0.2, 0.25) is 0 Å². The number of benzene rings is 2. The summed E-state index contributed by atoms with van der Waals surface area (Å²) in [6.45, 7) is 3.40. The van der Waals surface area contributed by atoms with E-state index < -0.39 is 0 Å². The summed E-state index contributed by atoms with van der Waals surface area (Å²) in [5.74, 6) is 1.56. The molecule has 2 aromatic carbocycles. The highest BCUT2D eigenvalue weighted by molar-refractivity contribution is 5.89. The van der Waals surface area contributed by atoms with Crippen molar-refractivity contribution >= 4 is 11.7 Å². The smallest absolute Gasteiger partial charge is 0.319 e. The predicted molar refractivity (Wildman–Crippen MR) is 86.6 cm³/mol. The maximum atomic E-state index is 11.6. The van der Waals surface area contributed by atoms with Gasteiger partial charge in [0.15, 0.2) is 0 Å². The Bertz CT molecular complexity index is 570. The fraction of sp³-hybridized carbons (Fsp3) is 0.235. The van der Waals surface area contributed by atoms with Crippen LogP contribution in [-0.2, 0) is 0 Å². The van der Waals surface area contributed by atoms with Crippen LogP contribution in [0.25, 0.3) is 0 Å². The summed E-state index contributed by atoms with van der Waals surface area (Å²) in [6, 6.07) is 16.4. The van der Waals surface area contributed by atoms with Gasteiger partial charge in [-0.25, -0.2) is 4.79 Å². The summed E-state index contributed by atoms with van der Waals surface area (Å²) in [5.41, 5.74) is 0.757. The van der Waals surface area contributed by atoms with Gasteiger partial charge in [-0.2, -0.15) is 0 Å². The van der Waals surface area contributed by atoms with E-state index >= 15 is 0 Å². The molecule has 5 nitrogen and oxygen atoms in total. The number of carbonyl (C=O) groups is 1. The van der Waals surface area contributed by atoms with Crippen molar-refractivity contribution in [1.82, 2.24) is 5.32 Å². The predicted octanol–water partition coefficient (Wildman–Crippen LogP) is 3.29. The Morgan fingerprint density at radius 3 is 2.23 bits per heavy atom. The number of carbonyl (C=O) groups excluding carboxylic acids is 1. The van der Waals surface area contributed by atoms with Gasteiger partial charge < -0.3 is 20.1 Å². The molecule has 0 aromatic heterocycles. The lowest BCUT2D eigenvalue weighted by Gasteiger charge is -2.09. The molecule has 5 heteroatoms. The van der Waals surface area contributed by atoms with Gasteiger partial charge in [0.05, 0.1) is 13.2 Å². The molecule has 0 bridgehead atoms. The lowest BCUT2D eigenvalue weighted by molar-refractivity contribution is 0.247. The van der Waals surface area contributed by atoms with E-state index in [-0.39, 0.29) is 6.03 Å². The van der Waals surface area contributed by atoms with Crippen LogP contribution >= 0.6 is 0 Å². The molecule has 0 heterocycles. The molecule has 0 saturated carbocycles. The zero-order valence-corrected chi connectivity index (χ0v) is 12.5. The minimum atomic E-state index is -0.249. The fourth-order valence-electron chi connectivity index (χ4n) is 1.83. The van der Waals surface area contributed by atoms with E-state index in [4.69, 9.17) is 9.47 Å². The van der Waals surface area contributed by atoms with Crippen molar-refractivity contribution in [3.05, 3.63) is 54.6 Å². The Balaban J connectivity index is 1.65. The molecule has 116 valence electrons. The van der Waals surface area contributed by atoms with Crippen molar-refractivity contribution < 1.29 is 14.3 Å². The average Bonchev–Trinajstić information content (AvgIpc) is 2.54. The molecule has 2 aromatic rings. The molecular formula is C17H20N2O3. The summed E-state index contributed by atoms with van der Waals surface area (Å²) in [5, 5.41) is 5.47. The number of ether oxygens (including phenoxy) is 2. The average molecular weight is 300 g/mol. The van der Waals surface area contributed by atoms with E-state index in [2.05, 4.69) is 10.6 Å². The molecule has 0 radical (unpaired) electrons. The van der Waals surface area contributed by atoms with Gasteiger partial charge >= 0.3 is 6.03 Å². The Hall–Kier alpha value is -2.69. The molecule has 0 saturated heterocycles. The highest BCUT2D eigenvalue weighted by Gasteiger charge is 2.00. The minimum Gasteiger partial charge on any atom is -0.494 e. The summed E-state index contributed by atoms with van der Waals surface area (Å²) in [7, 11) is 0. The van der Waals surface area contributed by atoms with E-state index in [1.807, 2.05) is 61.5 Å². The van der Waals surface area contributed by atoms with Crippen molar-refractivity contribution in [3.8, 4) is 11.5 Å². The molecule has 2 N–H and O–H groups in total. The molecule has 0 aliphatic heterocycles. The number of amides is 2. The maximum Gasteiger partial charge on any atom is 0.319 e. The molecule has 22 heavy (non-hydrogen) atoms. The first-order chi connectivity index (χ1) is 10.8. The van der Waals surface area contributed by atoms with Crippen molar-refractivity contribution in [2.45, 2.75) is 6.92 Å². The molecule has 0 fully saturated rings. The minimum absolute atomic E-state index is 0.249. The van der Waals surface area contributed by atoms with Crippen LogP contribution in [0.1, 0.15) is 6.92 Å². The first kappa shape index (κ1) is 15.7. The fourth-order valence-corrected chi connectivity index (χ4v) is 1.83. The second kappa shape index (κ2) is 8.56. The first-order valence-corrected chi connectivity index (χ1v) is 7.23. The largest absolute Gasteiger partial charge is 0.494 e. The van der Waals surface area contributed by atoms with Gasteiger partial charge in [0, 0.05) is 5.69 Å². The van der Waals surface area contributed by atoms with Crippen molar-refractivity contribution in [2.75, 3.05) is 25.1 Å². The SMILES string of the molecule is CCOc1ccc(OCCNC(=O)Nc2ccccc2)cc1. The molecule has 2 amide bonds. The maximum absolute atomic E-state index is 11.6. The van der Waals surface area contributed by atoms with Gasteiger partial charge in [0.25, 0.3) is 0 Å². The number of rotatable bonds is 7. The number of anilines is 1. The third-order valence-corrected chi connectivity index (χ3v) is 2.82. The van der Waals surface area contributed by atoms with Crippen LogP contribution in [0.15, 0.2) is 54.6 Å². The highest BCUT2D eigenvalue weighted by atomic mass is 16.5. The topological polar surface area (TPSA) is 59.6 Å². The van der Waals surface area contributed by atoms with Crippen molar-refractivity contribution in [3.63, 3.8) is 0 Å². The van der Waals surface area contributed by atoms with E-state index in [1.54, 1.807) is 0 Å². The first-order valence-electron chi connectivity index (χ1n) is 7.23. The highest BCUT2D eigenvalue weighted by Crippen LogP contribution is 2.17. The van der Waals surface area contributed by atoms with Crippen LogP contribution in [0.5, 0.6) is 11.5 Å². The van der Waals surface area contributed by atoms with Crippen LogP contribution < -0.4 is 20.1 Å². The Morgan fingerprint density at radius 2 is 1.59 bits per heavy atom. The molecule has 0 spiro atoms. The molecule has 0 atom stereocenters. The second-order valence-corrected chi connectivity index (χ2v) is 4.50. The third kappa shape index (κ3) is 5.36. The lowest BCUT2D eigenvalue weighted by Crippen LogP contribution is -2.32. The number of urea groups is 1. The quantitative estimate of drug-likeness (QED) is 0.771. The van der Waals surface area contributed by atoms with Crippen molar-refractivity contribution in [1.29, 1.82) is 0 Å². The van der Waals surface area contributed by atoms with E-state index in [0.29, 0.717) is 19.8 Å². The van der Waals surface area contributed by atoms with Crippen LogP contribution in [0.4, 0.5) is 10.5 Å². The monoisotopic (exact) mass is 300 g/mol. The number of nitrogens with one attached hydrogen (secondary N) is 2. The normalized spacial score (nSPS) is 9.86. The number of para-hydroxylation sites is 1. The standard InChI is InChI=1S/C17H20N2O3/c1-2-21-15-8-10-16(11-9-15)22-13-12-18-17(20)19-14-6-4-3-5-7-14/h3-11H,2,12-13H2,1H3,(H2,18,19,20). The second-order valence-electron chi connectivity index (χ2n) is 4.50. The van der Waals surface area contributed by atoms with Gasteiger partial charge in [-0.05, 0) is 43.3 Å². The lowest BCUT2D eigenvalue weighted by atomic mass is 10.3. The molecule has 0 aliphatic carbocycles. The number of hydrogen-bond donors (Lipinski definition) is 2. The summed E-state index contributed by atoms with van der Waals surface area (Å²) in [4.78, 5) is 11.6. The molecule has 0 aliphatic rings. The van der Waals surface area contributed by atoms with Gasteiger partial charge in [-0.15, -0.1) is 0 Å². The van der Waals surface area contributed by atoms with Gasteiger partial charge in [0.1, 0.15) is 18.1 Å². The van der Waals surface area contributed by atoms with Crippen LogP contribution in [0.2, 0.25) is 0 Å². The van der Waals surface area contributed by atoms with E-state index in [0.717, 1.165) is 17.2 Å². The van der Waals surface area contributed by atoms with Crippen LogP contribution in [0, 0.1) is 0 Å². The van der Waals surface area contributed by atoms with E-state index in [1.165, 1.54) is 0 Å². The van der Waals surface area contributed by atoms with Gasteiger partial charge in [-0.3, -0.25) is 0 Å². The molecular weight excluding hydrogens is 280 g/mol. The Morgan fingerprint density at radius 1 is 0.955 bits per heavy atom. The Labute approximate surface area is 130 Å². The Kier molecular flexibility index (Phi) is 6.11. The molecule has 0 unspecified atom stereocenters. The van der Waals surface area contributed by atoms with Crippen LogP contribution in [-0.4, -0.2) is 25.8 Å². The summed E-state index contributed by atoms with van der Waals surface area (Å²) < 4.78 is 10.9. The zero-order valence-electron chi connectivity index (χ0n) is 12.5. The number of hydrogen-bond acceptors (Lipinski definition) is 3. The van der Waals surface area contributed by atoms with E-state index in [9.17, 15) is 4.79 Å². The third-order valence-electron chi connectivity index (χ3n) is 2.82.